The summed E-state index contributed by atoms with van der Waals surface area (Å²) in [5, 5.41) is 2.80. The number of carbonyl (C=O) groups is 1. The Morgan fingerprint density at radius 3 is 2.76 bits per heavy atom. The van der Waals surface area contributed by atoms with E-state index in [0.717, 1.165) is 38.7 Å². The van der Waals surface area contributed by atoms with Crippen molar-refractivity contribution in [3.8, 4) is 0 Å². The van der Waals surface area contributed by atoms with E-state index >= 15 is 0 Å². The van der Waals surface area contributed by atoms with Crippen molar-refractivity contribution in [2.24, 2.45) is 5.73 Å². The van der Waals surface area contributed by atoms with Gasteiger partial charge in [-0.05, 0) is 45.1 Å². The van der Waals surface area contributed by atoms with Crippen LogP contribution in [0.4, 0.5) is 0 Å². The summed E-state index contributed by atoms with van der Waals surface area (Å²) in [7, 11) is 0. The Bertz CT molecular complexity index is 246. The van der Waals surface area contributed by atoms with Crippen LogP contribution in [0.15, 0.2) is 12.2 Å². The molecule has 4 nitrogen and oxygen atoms in total. The molecule has 1 saturated carbocycles. The second-order valence-electron chi connectivity index (χ2n) is 4.55. The van der Waals surface area contributed by atoms with Gasteiger partial charge in [-0.2, -0.15) is 0 Å². The van der Waals surface area contributed by atoms with Crippen molar-refractivity contribution in [2.75, 3.05) is 13.2 Å². The first-order chi connectivity index (χ1) is 8.22. The molecule has 0 unspecified atom stereocenters. The van der Waals surface area contributed by atoms with Gasteiger partial charge in [-0.3, -0.25) is 4.79 Å². The number of rotatable bonds is 6. The fourth-order valence-electron chi connectivity index (χ4n) is 2.00. The van der Waals surface area contributed by atoms with Crippen molar-refractivity contribution >= 4 is 5.91 Å². The summed E-state index contributed by atoms with van der Waals surface area (Å²) >= 11 is 0. The van der Waals surface area contributed by atoms with E-state index in [9.17, 15) is 4.79 Å². The fourth-order valence-corrected chi connectivity index (χ4v) is 2.00. The third kappa shape index (κ3) is 6.44. The van der Waals surface area contributed by atoms with Gasteiger partial charge in [-0.1, -0.05) is 6.08 Å². The molecule has 0 atom stereocenters. The van der Waals surface area contributed by atoms with Crippen LogP contribution in [0.3, 0.4) is 0 Å². The summed E-state index contributed by atoms with van der Waals surface area (Å²) in [6.07, 6.45) is 8.80. The Labute approximate surface area is 104 Å². The zero-order valence-electron chi connectivity index (χ0n) is 10.7. The quantitative estimate of drug-likeness (QED) is 0.544. The van der Waals surface area contributed by atoms with E-state index in [1.807, 2.05) is 6.92 Å². The molecule has 1 aliphatic rings. The van der Waals surface area contributed by atoms with Crippen molar-refractivity contribution in [1.82, 2.24) is 5.32 Å². The molecule has 0 aromatic rings. The predicted molar refractivity (Wildman–Crippen MR) is 68.6 cm³/mol. The largest absolute Gasteiger partial charge is 0.378 e. The Morgan fingerprint density at radius 2 is 2.12 bits per heavy atom. The van der Waals surface area contributed by atoms with E-state index in [1.165, 1.54) is 6.08 Å². The van der Waals surface area contributed by atoms with E-state index in [-0.39, 0.29) is 5.91 Å². The zero-order valence-corrected chi connectivity index (χ0v) is 10.7. The van der Waals surface area contributed by atoms with E-state index in [1.54, 1.807) is 6.08 Å². The van der Waals surface area contributed by atoms with E-state index in [2.05, 4.69) is 5.32 Å². The second kappa shape index (κ2) is 8.25. The zero-order chi connectivity index (χ0) is 12.5. The molecule has 1 rings (SSSR count). The first-order valence-corrected chi connectivity index (χ1v) is 6.50. The number of ether oxygens (including phenoxy) is 1. The van der Waals surface area contributed by atoms with Gasteiger partial charge in [0.15, 0.2) is 0 Å². The summed E-state index contributed by atoms with van der Waals surface area (Å²) in [4.78, 5) is 11.1. The number of amides is 1. The molecule has 0 spiro atoms. The lowest BCUT2D eigenvalue weighted by Gasteiger charge is -2.26. The maximum Gasteiger partial charge on any atom is 0.243 e. The lowest BCUT2D eigenvalue weighted by Crippen LogP contribution is -2.31. The fraction of sp³-hybridized carbons (Fsp3) is 0.769. The van der Waals surface area contributed by atoms with Crippen LogP contribution in [-0.4, -0.2) is 31.2 Å². The monoisotopic (exact) mass is 240 g/mol. The Balaban J connectivity index is 1.95. The highest BCUT2D eigenvalue weighted by atomic mass is 16.5. The molecule has 0 aromatic carbocycles. The minimum Gasteiger partial charge on any atom is -0.378 e. The van der Waals surface area contributed by atoms with Gasteiger partial charge in [0, 0.05) is 19.2 Å². The minimum absolute atomic E-state index is 0.0314. The first-order valence-electron chi connectivity index (χ1n) is 6.50. The number of allylic oxidation sites excluding steroid dienone is 1. The van der Waals surface area contributed by atoms with E-state index < -0.39 is 0 Å². The lowest BCUT2D eigenvalue weighted by molar-refractivity contribution is -0.116. The highest BCUT2D eigenvalue weighted by Crippen LogP contribution is 2.19. The van der Waals surface area contributed by atoms with Crippen LogP contribution in [0, 0.1) is 0 Å². The smallest absolute Gasteiger partial charge is 0.243 e. The molecule has 17 heavy (non-hydrogen) atoms. The van der Waals surface area contributed by atoms with Gasteiger partial charge >= 0.3 is 0 Å². The van der Waals surface area contributed by atoms with Gasteiger partial charge in [0.05, 0.1) is 6.10 Å². The molecule has 3 N–H and O–H groups in total. The molecule has 4 heteroatoms. The van der Waals surface area contributed by atoms with E-state index in [0.29, 0.717) is 18.7 Å². The molecule has 0 heterocycles. The Hall–Kier alpha value is -0.870. The molecule has 0 aliphatic heterocycles. The van der Waals surface area contributed by atoms with Crippen LogP contribution in [0.25, 0.3) is 0 Å². The first kappa shape index (κ1) is 14.2. The van der Waals surface area contributed by atoms with Gasteiger partial charge in [0.2, 0.25) is 5.91 Å². The number of nitrogens with one attached hydrogen (secondary N) is 1. The molecule has 98 valence electrons. The van der Waals surface area contributed by atoms with Gasteiger partial charge in [-0.25, -0.2) is 0 Å². The van der Waals surface area contributed by atoms with Crippen LogP contribution >= 0.6 is 0 Å². The third-order valence-electron chi connectivity index (χ3n) is 3.01. The molecule has 0 bridgehead atoms. The van der Waals surface area contributed by atoms with Crippen molar-refractivity contribution in [3.63, 3.8) is 0 Å². The van der Waals surface area contributed by atoms with Crippen molar-refractivity contribution in [1.29, 1.82) is 0 Å². The van der Waals surface area contributed by atoms with Crippen molar-refractivity contribution in [2.45, 2.75) is 51.2 Å². The minimum atomic E-state index is -0.0314. The summed E-state index contributed by atoms with van der Waals surface area (Å²) in [5.41, 5.74) is 5.83. The third-order valence-corrected chi connectivity index (χ3v) is 3.01. The Morgan fingerprint density at radius 1 is 1.41 bits per heavy atom. The number of hydrogen-bond donors (Lipinski definition) is 2. The molecule has 0 radical (unpaired) electrons. The van der Waals surface area contributed by atoms with Gasteiger partial charge in [0.1, 0.15) is 0 Å². The molecule has 1 fully saturated rings. The van der Waals surface area contributed by atoms with Gasteiger partial charge in [0.25, 0.3) is 0 Å². The molecule has 1 amide bonds. The number of carbonyl (C=O) groups excluding carboxylic acids is 1. The maximum atomic E-state index is 11.1. The van der Waals surface area contributed by atoms with Crippen LogP contribution in [0.1, 0.15) is 39.0 Å². The molecule has 0 aromatic heterocycles. The van der Waals surface area contributed by atoms with Crippen LogP contribution in [-0.2, 0) is 9.53 Å². The normalized spacial score (nSPS) is 25.1. The average Bonchev–Trinajstić information content (AvgIpc) is 2.31. The highest BCUT2D eigenvalue weighted by Gasteiger charge is 2.18. The molecule has 0 saturated heterocycles. The topological polar surface area (TPSA) is 64.3 Å². The number of nitrogens with two attached hydrogens (primary N) is 1. The SMILES string of the molecule is CC=CC(=O)NCCCOC1CCC(N)CC1. The van der Waals surface area contributed by atoms with E-state index in [4.69, 9.17) is 10.5 Å². The van der Waals surface area contributed by atoms with Crippen LogP contribution < -0.4 is 11.1 Å². The molecular weight excluding hydrogens is 216 g/mol. The van der Waals surface area contributed by atoms with Crippen LogP contribution in [0.2, 0.25) is 0 Å². The highest BCUT2D eigenvalue weighted by molar-refractivity contribution is 5.87. The average molecular weight is 240 g/mol. The summed E-state index contributed by atoms with van der Waals surface area (Å²) in [5.74, 6) is -0.0314. The van der Waals surface area contributed by atoms with Crippen molar-refractivity contribution in [3.05, 3.63) is 12.2 Å². The lowest BCUT2D eigenvalue weighted by atomic mass is 9.94. The molecule has 1 aliphatic carbocycles. The summed E-state index contributed by atoms with van der Waals surface area (Å²) < 4.78 is 5.75. The van der Waals surface area contributed by atoms with Crippen LogP contribution in [0.5, 0.6) is 0 Å². The number of hydrogen-bond acceptors (Lipinski definition) is 3. The maximum absolute atomic E-state index is 11.1. The van der Waals surface area contributed by atoms with Crippen molar-refractivity contribution < 1.29 is 9.53 Å². The summed E-state index contributed by atoms with van der Waals surface area (Å²) in [6.45, 7) is 3.22. The predicted octanol–water partition coefficient (Wildman–Crippen LogP) is 1.36. The Kier molecular flexibility index (Phi) is 6.89. The standard InChI is InChI=1S/C13H24N2O2/c1-2-4-13(16)15-9-3-10-17-12-7-5-11(14)6-8-12/h2,4,11-12H,3,5-10,14H2,1H3,(H,15,16). The van der Waals surface area contributed by atoms with Gasteiger partial charge < -0.3 is 15.8 Å². The second-order valence-corrected chi connectivity index (χ2v) is 4.55. The molecular formula is C13H24N2O2. The van der Waals surface area contributed by atoms with Gasteiger partial charge in [-0.15, -0.1) is 0 Å². The summed E-state index contributed by atoms with van der Waals surface area (Å²) in [6, 6.07) is 0.370.